The number of amides is 1. The van der Waals surface area contributed by atoms with Crippen molar-refractivity contribution in [3.63, 3.8) is 0 Å². The van der Waals surface area contributed by atoms with Crippen molar-refractivity contribution in [3.05, 3.63) is 41.6 Å². The maximum absolute atomic E-state index is 13.0. The van der Waals surface area contributed by atoms with Gasteiger partial charge in [-0.05, 0) is 25.0 Å². The van der Waals surface area contributed by atoms with Gasteiger partial charge in [0.2, 0.25) is 0 Å². The van der Waals surface area contributed by atoms with Gasteiger partial charge in [-0.1, -0.05) is 18.2 Å². The van der Waals surface area contributed by atoms with Gasteiger partial charge in [0.15, 0.2) is 0 Å². The van der Waals surface area contributed by atoms with Gasteiger partial charge in [0.05, 0.1) is 24.3 Å². The zero-order valence-electron chi connectivity index (χ0n) is 13.4. The minimum absolute atomic E-state index is 0.0616. The number of hydrogen-bond donors (Lipinski definition) is 1. The summed E-state index contributed by atoms with van der Waals surface area (Å²) in [6.07, 6.45) is 2.28. The number of ether oxygens (including phenoxy) is 1. The lowest BCUT2D eigenvalue weighted by atomic mass is 10.0. The number of pyridine rings is 1. The van der Waals surface area contributed by atoms with Crippen LogP contribution in [0.25, 0.3) is 10.9 Å². The predicted molar refractivity (Wildman–Crippen MR) is 88.6 cm³/mol. The van der Waals surface area contributed by atoms with E-state index in [9.17, 15) is 9.90 Å². The number of aliphatic hydroxyl groups excluding tert-OH is 1. The SMILES string of the molecule is COCCN(CCO)C(=O)c1cc(C2CC2)nc2ccccc12. The Morgan fingerprint density at radius 1 is 1.35 bits per heavy atom. The lowest BCUT2D eigenvalue weighted by Gasteiger charge is -2.22. The third-order valence-electron chi connectivity index (χ3n) is 4.18. The molecule has 0 saturated heterocycles. The molecule has 0 spiro atoms. The van der Waals surface area contributed by atoms with Crippen LogP contribution in [-0.4, -0.2) is 54.3 Å². The first kappa shape index (κ1) is 15.9. The van der Waals surface area contributed by atoms with Crippen LogP contribution in [0.2, 0.25) is 0 Å². The first-order chi connectivity index (χ1) is 11.2. The summed E-state index contributed by atoms with van der Waals surface area (Å²) >= 11 is 0. The number of carbonyl (C=O) groups is 1. The molecule has 1 fully saturated rings. The average Bonchev–Trinajstić information content (AvgIpc) is 3.42. The van der Waals surface area contributed by atoms with Gasteiger partial charge in [-0.3, -0.25) is 9.78 Å². The number of fused-ring (bicyclic) bond motifs is 1. The van der Waals surface area contributed by atoms with Gasteiger partial charge in [0.1, 0.15) is 0 Å². The summed E-state index contributed by atoms with van der Waals surface area (Å²) in [6, 6.07) is 9.67. The van der Waals surface area contributed by atoms with E-state index >= 15 is 0 Å². The van der Waals surface area contributed by atoms with Crippen molar-refractivity contribution in [1.82, 2.24) is 9.88 Å². The normalized spacial score (nSPS) is 14.2. The van der Waals surface area contributed by atoms with Crippen molar-refractivity contribution in [2.24, 2.45) is 0 Å². The average molecular weight is 314 g/mol. The van der Waals surface area contributed by atoms with Crippen LogP contribution in [0.1, 0.15) is 34.8 Å². The molecule has 0 unspecified atom stereocenters. The zero-order valence-corrected chi connectivity index (χ0v) is 13.4. The highest BCUT2D eigenvalue weighted by Gasteiger charge is 2.27. The Hall–Kier alpha value is -1.98. The Kier molecular flexibility index (Phi) is 4.88. The van der Waals surface area contributed by atoms with Crippen LogP contribution in [0.3, 0.4) is 0 Å². The standard InChI is InChI=1S/C18H22N2O3/c1-23-11-9-20(8-10-21)18(22)15-12-17(13-6-7-13)19-16-5-3-2-4-14(15)16/h2-5,12-13,21H,6-11H2,1H3. The van der Waals surface area contributed by atoms with E-state index in [2.05, 4.69) is 0 Å². The second-order valence-corrected chi connectivity index (χ2v) is 5.89. The Labute approximate surface area is 135 Å². The lowest BCUT2D eigenvalue weighted by molar-refractivity contribution is 0.0658. The highest BCUT2D eigenvalue weighted by Crippen LogP contribution is 2.40. The molecule has 1 heterocycles. The van der Waals surface area contributed by atoms with Gasteiger partial charge in [0.25, 0.3) is 5.91 Å². The summed E-state index contributed by atoms with van der Waals surface area (Å²) in [5.74, 6) is 0.410. The quantitative estimate of drug-likeness (QED) is 0.851. The van der Waals surface area contributed by atoms with Crippen LogP contribution in [0, 0.1) is 0 Å². The van der Waals surface area contributed by atoms with E-state index in [4.69, 9.17) is 9.72 Å². The van der Waals surface area contributed by atoms with E-state index in [0.717, 1.165) is 29.4 Å². The molecule has 1 saturated carbocycles. The number of carbonyl (C=O) groups excluding carboxylic acids is 1. The number of hydrogen-bond acceptors (Lipinski definition) is 4. The molecule has 1 aromatic heterocycles. The van der Waals surface area contributed by atoms with E-state index in [1.54, 1.807) is 12.0 Å². The van der Waals surface area contributed by atoms with Crippen molar-refractivity contribution >= 4 is 16.8 Å². The van der Waals surface area contributed by atoms with Crippen molar-refractivity contribution in [2.45, 2.75) is 18.8 Å². The Morgan fingerprint density at radius 3 is 2.83 bits per heavy atom. The molecular weight excluding hydrogens is 292 g/mol. The second-order valence-electron chi connectivity index (χ2n) is 5.89. The van der Waals surface area contributed by atoms with E-state index in [0.29, 0.717) is 31.2 Å². The largest absolute Gasteiger partial charge is 0.395 e. The summed E-state index contributed by atoms with van der Waals surface area (Å²) in [7, 11) is 1.61. The number of rotatable bonds is 7. The molecule has 1 aliphatic rings. The summed E-state index contributed by atoms with van der Waals surface area (Å²) in [6.45, 7) is 1.15. The van der Waals surface area contributed by atoms with Gasteiger partial charge in [0, 0.05) is 37.2 Å². The van der Waals surface area contributed by atoms with Gasteiger partial charge in [-0.25, -0.2) is 0 Å². The van der Waals surface area contributed by atoms with Gasteiger partial charge < -0.3 is 14.7 Å². The minimum Gasteiger partial charge on any atom is -0.395 e. The van der Waals surface area contributed by atoms with E-state index < -0.39 is 0 Å². The lowest BCUT2D eigenvalue weighted by Crippen LogP contribution is -2.36. The van der Waals surface area contributed by atoms with E-state index in [-0.39, 0.29) is 12.5 Å². The highest BCUT2D eigenvalue weighted by atomic mass is 16.5. The molecule has 23 heavy (non-hydrogen) atoms. The molecule has 3 rings (SSSR count). The summed E-state index contributed by atoms with van der Waals surface area (Å²) in [4.78, 5) is 19.3. The fourth-order valence-electron chi connectivity index (χ4n) is 2.77. The van der Waals surface area contributed by atoms with Gasteiger partial charge in [-0.2, -0.15) is 0 Å². The maximum Gasteiger partial charge on any atom is 0.254 e. The van der Waals surface area contributed by atoms with Crippen molar-refractivity contribution in [2.75, 3.05) is 33.4 Å². The summed E-state index contributed by atoms with van der Waals surface area (Å²) < 4.78 is 5.08. The van der Waals surface area contributed by atoms with Crippen LogP contribution in [0.4, 0.5) is 0 Å². The number of methoxy groups -OCH3 is 1. The van der Waals surface area contributed by atoms with Crippen molar-refractivity contribution in [3.8, 4) is 0 Å². The molecule has 0 atom stereocenters. The Morgan fingerprint density at radius 2 is 2.13 bits per heavy atom. The third kappa shape index (κ3) is 3.51. The van der Waals surface area contributed by atoms with Gasteiger partial charge in [-0.15, -0.1) is 0 Å². The minimum atomic E-state index is -0.0726. The molecule has 122 valence electrons. The summed E-state index contributed by atoms with van der Waals surface area (Å²) in [5, 5.41) is 10.1. The molecule has 5 heteroatoms. The predicted octanol–water partition coefficient (Wildman–Crippen LogP) is 2.19. The molecule has 0 aliphatic heterocycles. The monoisotopic (exact) mass is 314 g/mol. The molecule has 5 nitrogen and oxygen atoms in total. The number of benzene rings is 1. The second kappa shape index (κ2) is 7.06. The number of nitrogens with zero attached hydrogens (tertiary/aromatic N) is 2. The van der Waals surface area contributed by atoms with Crippen LogP contribution >= 0.6 is 0 Å². The molecule has 2 aromatic rings. The van der Waals surface area contributed by atoms with Crippen LogP contribution < -0.4 is 0 Å². The molecule has 1 aliphatic carbocycles. The molecule has 1 amide bonds. The van der Waals surface area contributed by atoms with Gasteiger partial charge >= 0.3 is 0 Å². The maximum atomic E-state index is 13.0. The molecule has 0 bridgehead atoms. The number of aliphatic hydroxyl groups is 1. The Balaban J connectivity index is 2.00. The topological polar surface area (TPSA) is 62.7 Å². The smallest absolute Gasteiger partial charge is 0.254 e. The Bertz CT molecular complexity index is 698. The summed E-state index contributed by atoms with van der Waals surface area (Å²) in [5.41, 5.74) is 2.53. The van der Waals surface area contributed by atoms with E-state index in [1.165, 1.54) is 0 Å². The first-order valence-corrected chi connectivity index (χ1v) is 8.03. The zero-order chi connectivity index (χ0) is 16.2. The molecule has 0 radical (unpaired) electrons. The fourth-order valence-corrected chi connectivity index (χ4v) is 2.77. The number of para-hydroxylation sites is 1. The molecule has 1 aromatic carbocycles. The van der Waals surface area contributed by atoms with Crippen LogP contribution in [0.15, 0.2) is 30.3 Å². The van der Waals surface area contributed by atoms with Crippen molar-refractivity contribution < 1.29 is 14.6 Å². The molecule has 1 N–H and O–H groups in total. The van der Waals surface area contributed by atoms with Crippen LogP contribution in [-0.2, 0) is 4.74 Å². The molecular formula is C18H22N2O3. The highest BCUT2D eigenvalue weighted by molar-refractivity contribution is 6.06. The van der Waals surface area contributed by atoms with Crippen molar-refractivity contribution in [1.29, 1.82) is 0 Å². The third-order valence-corrected chi connectivity index (χ3v) is 4.18. The number of aromatic nitrogens is 1. The van der Waals surface area contributed by atoms with Crippen LogP contribution in [0.5, 0.6) is 0 Å². The first-order valence-electron chi connectivity index (χ1n) is 8.03. The van der Waals surface area contributed by atoms with E-state index in [1.807, 2.05) is 30.3 Å². The fraction of sp³-hybridized carbons (Fsp3) is 0.444.